The summed E-state index contributed by atoms with van der Waals surface area (Å²) >= 11 is 6.08. The zero-order chi connectivity index (χ0) is 15.8. The molecule has 2 rings (SSSR count). The number of pyridine rings is 1. The van der Waals surface area contributed by atoms with E-state index in [0.717, 1.165) is 30.8 Å². The van der Waals surface area contributed by atoms with E-state index in [1.807, 2.05) is 24.3 Å². The molecule has 0 fully saturated rings. The number of aromatic nitrogens is 1. The van der Waals surface area contributed by atoms with Gasteiger partial charge in [-0.25, -0.2) is 4.98 Å². The zero-order valence-corrected chi connectivity index (χ0v) is 13.4. The molecule has 2 aromatic rings. The van der Waals surface area contributed by atoms with Crippen LogP contribution in [-0.4, -0.2) is 17.4 Å². The maximum Gasteiger partial charge on any atom is 0.251 e. The van der Waals surface area contributed by atoms with Gasteiger partial charge in [0.25, 0.3) is 5.91 Å². The third-order valence-corrected chi connectivity index (χ3v) is 3.62. The molecule has 116 valence electrons. The van der Waals surface area contributed by atoms with Crippen LogP contribution in [-0.2, 0) is 6.54 Å². The molecule has 1 aromatic carbocycles. The van der Waals surface area contributed by atoms with Gasteiger partial charge in [0.2, 0.25) is 0 Å². The lowest BCUT2D eigenvalue weighted by molar-refractivity contribution is 0.0951. The molecule has 1 amide bonds. The predicted molar refractivity (Wildman–Crippen MR) is 90.3 cm³/mol. The van der Waals surface area contributed by atoms with E-state index in [1.54, 1.807) is 18.3 Å². The van der Waals surface area contributed by atoms with Gasteiger partial charge in [0, 0.05) is 29.9 Å². The van der Waals surface area contributed by atoms with Crippen LogP contribution in [0.1, 0.15) is 35.7 Å². The molecule has 0 saturated heterocycles. The fourth-order valence-electron chi connectivity index (χ4n) is 1.98. The van der Waals surface area contributed by atoms with Gasteiger partial charge in [-0.2, -0.15) is 0 Å². The minimum Gasteiger partial charge on any atom is -0.370 e. The van der Waals surface area contributed by atoms with Gasteiger partial charge in [-0.05, 0) is 30.2 Å². The Morgan fingerprint density at radius 1 is 1.27 bits per heavy atom. The van der Waals surface area contributed by atoms with Gasteiger partial charge < -0.3 is 10.6 Å². The lowest BCUT2D eigenvalue weighted by Crippen LogP contribution is -2.23. The molecule has 2 N–H and O–H groups in total. The van der Waals surface area contributed by atoms with Gasteiger partial charge in [0.15, 0.2) is 0 Å². The van der Waals surface area contributed by atoms with Crippen LogP contribution < -0.4 is 10.6 Å². The number of halogens is 1. The summed E-state index contributed by atoms with van der Waals surface area (Å²) in [6, 6.07) is 10.9. The molecule has 5 heteroatoms. The van der Waals surface area contributed by atoms with Crippen LogP contribution >= 0.6 is 11.6 Å². The summed E-state index contributed by atoms with van der Waals surface area (Å²) in [6.07, 6.45) is 3.83. The molecule has 22 heavy (non-hydrogen) atoms. The van der Waals surface area contributed by atoms with E-state index in [4.69, 9.17) is 11.6 Å². The number of carbonyl (C=O) groups excluding carboxylic acids is 1. The first-order valence-corrected chi connectivity index (χ1v) is 7.80. The Bertz CT molecular complexity index is 631. The average molecular weight is 318 g/mol. The first-order chi connectivity index (χ1) is 10.7. The van der Waals surface area contributed by atoms with Crippen molar-refractivity contribution in [1.29, 1.82) is 0 Å². The van der Waals surface area contributed by atoms with E-state index in [0.29, 0.717) is 17.1 Å². The van der Waals surface area contributed by atoms with Crippen molar-refractivity contribution in [3.8, 4) is 0 Å². The molecule has 0 spiro atoms. The molecule has 0 aliphatic heterocycles. The van der Waals surface area contributed by atoms with Crippen molar-refractivity contribution >= 4 is 23.3 Å². The van der Waals surface area contributed by atoms with Gasteiger partial charge in [-0.3, -0.25) is 4.79 Å². The van der Waals surface area contributed by atoms with Crippen LogP contribution in [0.25, 0.3) is 0 Å². The van der Waals surface area contributed by atoms with E-state index in [2.05, 4.69) is 22.5 Å². The van der Waals surface area contributed by atoms with Crippen molar-refractivity contribution in [3.63, 3.8) is 0 Å². The highest BCUT2D eigenvalue weighted by atomic mass is 35.5. The molecule has 0 unspecified atom stereocenters. The molecule has 1 heterocycles. The van der Waals surface area contributed by atoms with Crippen LogP contribution in [0.3, 0.4) is 0 Å². The SMILES string of the molecule is CCCCNc1cc(C(=O)NCc2ccccc2Cl)ccn1. The largest absolute Gasteiger partial charge is 0.370 e. The van der Waals surface area contributed by atoms with Gasteiger partial charge in [-0.1, -0.05) is 43.1 Å². The van der Waals surface area contributed by atoms with Gasteiger partial charge >= 0.3 is 0 Å². The van der Waals surface area contributed by atoms with E-state index in [1.165, 1.54) is 0 Å². The van der Waals surface area contributed by atoms with Crippen LogP contribution in [0.4, 0.5) is 5.82 Å². The Kier molecular flexibility index (Phi) is 6.22. The number of anilines is 1. The lowest BCUT2D eigenvalue weighted by atomic mass is 10.2. The summed E-state index contributed by atoms with van der Waals surface area (Å²) in [5.41, 5.74) is 1.48. The molecule has 0 aliphatic carbocycles. The molecular formula is C17H20ClN3O. The number of hydrogen-bond donors (Lipinski definition) is 2. The second kappa shape index (κ2) is 8.39. The Labute approximate surface area is 135 Å². The molecule has 0 saturated carbocycles. The highest BCUT2D eigenvalue weighted by Gasteiger charge is 2.07. The number of benzene rings is 1. The molecule has 1 aromatic heterocycles. The Balaban J connectivity index is 1.95. The van der Waals surface area contributed by atoms with E-state index < -0.39 is 0 Å². The quantitative estimate of drug-likeness (QED) is 0.762. The van der Waals surface area contributed by atoms with Crippen molar-refractivity contribution in [1.82, 2.24) is 10.3 Å². The fraction of sp³-hybridized carbons (Fsp3) is 0.294. The number of nitrogens with one attached hydrogen (secondary N) is 2. The van der Waals surface area contributed by atoms with Crippen LogP contribution in [0.5, 0.6) is 0 Å². The summed E-state index contributed by atoms with van der Waals surface area (Å²) in [6.45, 7) is 3.39. The minimum atomic E-state index is -0.138. The van der Waals surface area contributed by atoms with Gasteiger partial charge in [0.1, 0.15) is 5.82 Å². The first kappa shape index (κ1) is 16.3. The molecule has 0 aliphatic rings. The summed E-state index contributed by atoms with van der Waals surface area (Å²) in [5.74, 6) is 0.583. The van der Waals surface area contributed by atoms with Crippen LogP contribution in [0, 0.1) is 0 Å². The standard InChI is InChI=1S/C17H20ClN3O/c1-2-3-9-19-16-11-13(8-10-20-16)17(22)21-12-14-6-4-5-7-15(14)18/h4-8,10-11H,2-3,9,12H2,1H3,(H,19,20)(H,21,22). The maximum absolute atomic E-state index is 12.2. The fourth-order valence-corrected chi connectivity index (χ4v) is 2.18. The number of rotatable bonds is 7. The van der Waals surface area contributed by atoms with Crippen molar-refractivity contribution in [2.24, 2.45) is 0 Å². The summed E-state index contributed by atoms with van der Waals surface area (Å²) in [4.78, 5) is 16.4. The zero-order valence-electron chi connectivity index (χ0n) is 12.6. The minimum absolute atomic E-state index is 0.138. The summed E-state index contributed by atoms with van der Waals surface area (Å²) < 4.78 is 0. The highest BCUT2D eigenvalue weighted by molar-refractivity contribution is 6.31. The number of amides is 1. The third kappa shape index (κ3) is 4.74. The Morgan fingerprint density at radius 2 is 2.09 bits per heavy atom. The smallest absolute Gasteiger partial charge is 0.251 e. The van der Waals surface area contributed by atoms with Gasteiger partial charge in [-0.15, -0.1) is 0 Å². The number of carbonyl (C=O) groups is 1. The second-order valence-corrected chi connectivity index (χ2v) is 5.39. The third-order valence-electron chi connectivity index (χ3n) is 3.26. The number of unbranched alkanes of at least 4 members (excludes halogenated alkanes) is 1. The van der Waals surface area contributed by atoms with Crippen LogP contribution in [0.2, 0.25) is 5.02 Å². The molecule has 0 radical (unpaired) electrons. The normalized spacial score (nSPS) is 10.3. The van der Waals surface area contributed by atoms with Crippen molar-refractivity contribution < 1.29 is 4.79 Å². The monoisotopic (exact) mass is 317 g/mol. The number of nitrogens with zero attached hydrogens (tertiary/aromatic N) is 1. The molecular weight excluding hydrogens is 298 g/mol. The average Bonchev–Trinajstić information content (AvgIpc) is 2.54. The van der Waals surface area contributed by atoms with Crippen molar-refractivity contribution in [2.75, 3.05) is 11.9 Å². The summed E-state index contributed by atoms with van der Waals surface area (Å²) in [7, 11) is 0. The summed E-state index contributed by atoms with van der Waals surface area (Å²) in [5, 5.41) is 6.74. The Hall–Kier alpha value is -2.07. The van der Waals surface area contributed by atoms with Gasteiger partial charge in [0.05, 0.1) is 0 Å². The van der Waals surface area contributed by atoms with Crippen LogP contribution in [0.15, 0.2) is 42.6 Å². The van der Waals surface area contributed by atoms with Crippen molar-refractivity contribution in [3.05, 3.63) is 58.7 Å². The van der Waals surface area contributed by atoms with E-state index in [-0.39, 0.29) is 5.91 Å². The topological polar surface area (TPSA) is 54.0 Å². The number of hydrogen-bond acceptors (Lipinski definition) is 3. The first-order valence-electron chi connectivity index (χ1n) is 7.42. The highest BCUT2D eigenvalue weighted by Crippen LogP contribution is 2.14. The predicted octanol–water partition coefficient (Wildman–Crippen LogP) is 3.88. The van der Waals surface area contributed by atoms with Crippen molar-refractivity contribution in [2.45, 2.75) is 26.3 Å². The molecule has 0 bridgehead atoms. The Morgan fingerprint density at radius 3 is 2.86 bits per heavy atom. The lowest BCUT2D eigenvalue weighted by Gasteiger charge is -2.09. The maximum atomic E-state index is 12.2. The van der Waals surface area contributed by atoms with E-state index in [9.17, 15) is 4.79 Å². The molecule has 4 nitrogen and oxygen atoms in total. The van der Waals surface area contributed by atoms with E-state index >= 15 is 0 Å². The molecule has 0 atom stereocenters. The second-order valence-electron chi connectivity index (χ2n) is 4.98.